The van der Waals surface area contributed by atoms with Crippen LogP contribution in [0.3, 0.4) is 0 Å². The first-order valence-electron chi connectivity index (χ1n) is 8.06. The van der Waals surface area contributed by atoms with Crippen molar-refractivity contribution in [3.63, 3.8) is 0 Å². The Labute approximate surface area is 138 Å². The van der Waals surface area contributed by atoms with Crippen LogP contribution in [0.4, 0.5) is 0 Å². The lowest BCUT2D eigenvalue weighted by Crippen LogP contribution is -2.49. The highest BCUT2D eigenvalue weighted by molar-refractivity contribution is 5.97. The SMILES string of the molecule is COc1ccccc1C(=O)N1CCC(NC(=O)C(C)(C)C)CC1. The molecule has 1 fully saturated rings. The van der Waals surface area contributed by atoms with Crippen LogP contribution in [0.25, 0.3) is 0 Å². The highest BCUT2D eigenvalue weighted by atomic mass is 16.5. The van der Waals surface area contributed by atoms with Crippen molar-refractivity contribution in [2.75, 3.05) is 20.2 Å². The van der Waals surface area contributed by atoms with Crippen LogP contribution in [0.15, 0.2) is 24.3 Å². The van der Waals surface area contributed by atoms with E-state index in [1.807, 2.05) is 37.8 Å². The van der Waals surface area contributed by atoms with Crippen molar-refractivity contribution in [1.29, 1.82) is 0 Å². The van der Waals surface area contributed by atoms with Gasteiger partial charge < -0.3 is 15.0 Å². The summed E-state index contributed by atoms with van der Waals surface area (Å²) in [5, 5.41) is 3.08. The van der Waals surface area contributed by atoms with E-state index < -0.39 is 0 Å². The van der Waals surface area contributed by atoms with Crippen LogP contribution in [-0.2, 0) is 4.79 Å². The molecule has 1 aromatic rings. The molecule has 23 heavy (non-hydrogen) atoms. The summed E-state index contributed by atoms with van der Waals surface area (Å²) in [5.41, 5.74) is 0.205. The second-order valence-corrected chi connectivity index (χ2v) is 6.99. The molecule has 1 N–H and O–H groups in total. The number of para-hydroxylation sites is 1. The Morgan fingerprint density at radius 1 is 1.17 bits per heavy atom. The number of benzene rings is 1. The van der Waals surface area contributed by atoms with Crippen LogP contribution in [0, 0.1) is 5.41 Å². The number of amides is 2. The number of piperidine rings is 1. The number of carbonyl (C=O) groups is 2. The maximum atomic E-state index is 12.6. The zero-order valence-electron chi connectivity index (χ0n) is 14.4. The van der Waals surface area contributed by atoms with Crippen LogP contribution >= 0.6 is 0 Å². The smallest absolute Gasteiger partial charge is 0.257 e. The molecule has 5 nitrogen and oxygen atoms in total. The van der Waals surface area contributed by atoms with Crippen LogP contribution in [0.2, 0.25) is 0 Å². The normalized spacial score (nSPS) is 16.1. The van der Waals surface area contributed by atoms with Crippen LogP contribution in [-0.4, -0.2) is 43.0 Å². The second kappa shape index (κ2) is 7.02. The predicted molar refractivity (Wildman–Crippen MR) is 89.5 cm³/mol. The lowest BCUT2D eigenvalue weighted by atomic mass is 9.94. The van der Waals surface area contributed by atoms with Crippen molar-refractivity contribution < 1.29 is 14.3 Å². The van der Waals surface area contributed by atoms with E-state index in [1.54, 1.807) is 19.2 Å². The monoisotopic (exact) mass is 318 g/mol. The van der Waals surface area contributed by atoms with Crippen LogP contribution < -0.4 is 10.1 Å². The summed E-state index contributed by atoms with van der Waals surface area (Å²) in [4.78, 5) is 26.5. The minimum atomic E-state index is -0.385. The first-order chi connectivity index (χ1) is 10.8. The zero-order valence-corrected chi connectivity index (χ0v) is 14.4. The molecule has 0 bridgehead atoms. The topological polar surface area (TPSA) is 58.6 Å². The van der Waals surface area contributed by atoms with Gasteiger partial charge in [-0.3, -0.25) is 9.59 Å². The number of nitrogens with one attached hydrogen (secondary N) is 1. The number of carbonyl (C=O) groups excluding carboxylic acids is 2. The molecule has 0 radical (unpaired) electrons. The maximum Gasteiger partial charge on any atom is 0.257 e. The zero-order chi connectivity index (χ0) is 17.0. The van der Waals surface area contributed by atoms with E-state index in [2.05, 4.69) is 5.32 Å². The molecule has 1 aliphatic rings. The summed E-state index contributed by atoms with van der Waals surface area (Å²) < 4.78 is 5.26. The Kier molecular flexibility index (Phi) is 5.29. The Bertz CT molecular complexity index is 570. The summed E-state index contributed by atoms with van der Waals surface area (Å²) >= 11 is 0. The second-order valence-electron chi connectivity index (χ2n) is 6.99. The van der Waals surface area contributed by atoms with Gasteiger partial charge in [-0.25, -0.2) is 0 Å². The summed E-state index contributed by atoms with van der Waals surface area (Å²) in [5.74, 6) is 0.649. The van der Waals surface area contributed by atoms with Crippen molar-refractivity contribution in [2.45, 2.75) is 39.7 Å². The average molecular weight is 318 g/mol. The molecule has 0 spiro atoms. The van der Waals surface area contributed by atoms with Crippen molar-refractivity contribution >= 4 is 11.8 Å². The molecular weight excluding hydrogens is 292 g/mol. The van der Waals surface area contributed by atoms with Gasteiger partial charge in [-0.05, 0) is 25.0 Å². The Balaban J connectivity index is 1.94. The summed E-state index contributed by atoms with van der Waals surface area (Å²) in [7, 11) is 1.57. The third kappa shape index (κ3) is 4.24. The van der Waals surface area contributed by atoms with Crippen LogP contribution in [0.5, 0.6) is 5.75 Å². The summed E-state index contributed by atoms with van der Waals surface area (Å²) in [6, 6.07) is 7.41. The fourth-order valence-corrected chi connectivity index (χ4v) is 2.62. The van der Waals surface area contributed by atoms with Gasteiger partial charge >= 0.3 is 0 Å². The average Bonchev–Trinajstić information content (AvgIpc) is 2.54. The molecule has 0 unspecified atom stereocenters. The van der Waals surface area contributed by atoms with Crippen molar-refractivity contribution in [3.05, 3.63) is 29.8 Å². The number of likely N-dealkylation sites (tertiary alicyclic amines) is 1. The molecule has 2 rings (SSSR count). The highest BCUT2D eigenvalue weighted by Gasteiger charge is 2.28. The van der Waals surface area contributed by atoms with Gasteiger partial charge in [0.1, 0.15) is 5.75 Å². The molecule has 0 aromatic heterocycles. The minimum Gasteiger partial charge on any atom is -0.496 e. The van der Waals surface area contributed by atoms with E-state index in [0.717, 1.165) is 12.8 Å². The molecule has 126 valence electrons. The van der Waals surface area contributed by atoms with Crippen LogP contribution in [0.1, 0.15) is 44.0 Å². The summed E-state index contributed by atoms with van der Waals surface area (Å²) in [6.45, 7) is 7.01. The molecular formula is C18H26N2O3. The maximum absolute atomic E-state index is 12.6. The quantitative estimate of drug-likeness (QED) is 0.931. The third-order valence-electron chi connectivity index (χ3n) is 4.14. The van der Waals surface area contributed by atoms with Crippen molar-refractivity contribution in [1.82, 2.24) is 10.2 Å². The Morgan fingerprint density at radius 2 is 1.78 bits per heavy atom. The summed E-state index contributed by atoms with van der Waals surface area (Å²) in [6.07, 6.45) is 1.56. The van der Waals surface area contributed by atoms with E-state index in [0.29, 0.717) is 24.4 Å². The fraction of sp³-hybridized carbons (Fsp3) is 0.556. The molecule has 1 saturated heterocycles. The van der Waals surface area contributed by atoms with Gasteiger partial charge in [0.15, 0.2) is 0 Å². The first kappa shape index (κ1) is 17.3. The molecule has 0 aliphatic carbocycles. The minimum absolute atomic E-state index is 0.0111. The van der Waals surface area contributed by atoms with E-state index in [4.69, 9.17) is 4.74 Å². The lowest BCUT2D eigenvalue weighted by molar-refractivity contribution is -0.129. The Hall–Kier alpha value is -2.04. The van der Waals surface area contributed by atoms with Crippen molar-refractivity contribution in [2.24, 2.45) is 5.41 Å². The number of methoxy groups -OCH3 is 1. The standard InChI is InChI=1S/C18H26N2O3/c1-18(2,3)17(22)19-13-9-11-20(12-10-13)16(21)14-7-5-6-8-15(14)23-4/h5-8,13H,9-12H2,1-4H3,(H,19,22). The van der Waals surface area contributed by atoms with E-state index in [1.165, 1.54) is 0 Å². The van der Waals surface area contributed by atoms with Gasteiger partial charge in [-0.2, -0.15) is 0 Å². The fourth-order valence-electron chi connectivity index (χ4n) is 2.62. The van der Waals surface area contributed by atoms with E-state index in [9.17, 15) is 9.59 Å². The molecule has 1 heterocycles. The largest absolute Gasteiger partial charge is 0.496 e. The number of rotatable bonds is 3. The van der Waals surface area contributed by atoms with Gasteiger partial charge in [0.05, 0.1) is 12.7 Å². The van der Waals surface area contributed by atoms with E-state index in [-0.39, 0.29) is 23.3 Å². The highest BCUT2D eigenvalue weighted by Crippen LogP contribution is 2.22. The molecule has 5 heteroatoms. The van der Waals surface area contributed by atoms with Crippen molar-refractivity contribution in [3.8, 4) is 5.75 Å². The number of ether oxygens (including phenoxy) is 1. The predicted octanol–water partition coefficient (Wildman–Crippen LogP) is 2.46. The van der Waals surface area contributed by atoms with Gasteiger partial charge in [0, 0.05) is 24.5 Å². The number of hydrogen-bond acceptors (Lipinski definition) is 3. The number of nitrogens with zero attached hydrogens (tertiary/aromatic N) is 1. The first-order valence-corrected chi connectivity index (χ1v) is 8.06. The molecule has 1 aromatic carbocycles. The molecule has 0 saturated carbocycles. The van der Waals surface area contributed by atoms with Gasteiger partial charge in [0.2, 0.25) is 5.91 Å². The third-order valence-corrected chi connectivity index (χ3v) is 4.14. The molecule has 1 aliphatic heterocycles. The number of hydrogen-bond donors (Lipinski definition) is 1. The Morgan fingerprint density at radius 3 is 2.35 bits per heavy atom. The molecule has 0 atom stereocenters. The van der Waals surface area contributed by atoms with E-state index >= 15 is 0 Å². The molecule has 2 amide bonds. The van der Waals surface area contributed by atoms with Gasteiger partial charge in [0.25, 0.3) is 5.91 Å². The lowest BCUT2D eigenvalue weighted by Gasteiger charge is -2.34. The van der Waals surface area contributed by atoms with Gasteiger partial charge in [-0.15, -0.1) is 0 Å². The van der Waals surface area contributed by atoms with Gasteiger partial charge in [-0.1, -0.05) is 32.9 Å².